The number of nitrogens with zero attached hydrogens (tertiary/aromatic N) is 3. The van der Waals surface area contributed by atoms with Crippen molar-refractivity contribution in [2.45, 2.75) is 11.8 Å². The Labute approximate surface area is 122 Å². The fraction of sp³-hybridized carbons (Fsp3) is 0.0714. The minimum atomic E-state index is -3.98. The van der Waals surface area contributed by atoms with Gasteiger partial charge >= 0.3 is 10.1 Å². The molecule has 106 valence electrons. The molecule has 6 nitrogen and oxygen atoms in total. The van der Waals surface area contributed by atoms with E-state index in [1.54, 1.807) is 30.3 Å². The number of hydrogen-bond acceptors (Lipinski definition) is 6. The zero-order chi connectivity index (χ0) is 15.3. The van der Waals surface area contributed by atoms with Crippen LogP contribution in [0.5, 0.6) is 0 Å². The summed E-state index contributed by atoms with van der Waals surface area (Å²) in [7, 11) is -3.98. The molecule has 0 atom stereocenters. The van der Waals surface area contributed by atoms with Crippen LogP contribution >= 0.6 is 0 Å². The van der Waals surface area contributed by atoms with Gasteiger partial charge in [-0.05, 0) is 31.2 Å². The summed E-state index contributed by atoms with van der Waals surface area (Å²) in [6.45, 7) is 1.52. The van der Waals surface area contributed by atoms with Gasteiger partial charge < -0.3 is 0 Å². The lowest BCUT2D eigenvalue weighted by atomic mass is 10.1. The van der Waals surface area contributed by atoms with Gasteiger partial charge in [0.2, 0.25) is 0 Å². The van der Waals surface area contributed by atoms with E-state index < -0.39 is 10.1 Å². The molecule has 0 unspecified atom stereocenters. The van der Waals surface area contributed by atoms with Crippen LogP contribution in [0.1, 0.15) is 18.2 Å². The Kier molecular flexibility index (Phi) is 4.30. The lowest BCUT2D eigenvalue weighted by molar-refractivity contribution is 0.338. The third-order valence-electron chi connectivity index (χ3n) is 2.58. The molecule has 1 aromatic heterocycles. The fourth-order valence-electron chi connectivity index (χ4n) is 1.56. The molecule has 0 radical (unpaired) electrons. The summed E-state index contributed by atoms with van der Waals surface area (Å²) in [6, 6.07) is 12.8. The van der Waals surface area contributed by atoms with Crippen molar-refractivity contribution >= 4 is 15.8 Å². The molecule has 0 aliphatic carbocycles. The molecule has 0 saturated carbocycles. The van der Waals surface area contributed by atoms with Gasteiger partial charge in [0.15, 0.2) is 0 Å². The highest BCUT2D eigenvalue weighted by Gasteiger charge is 2.16. The number of oxime groups is 1. The molecule has 0 bridgehead atoms. The van der Waals surface area contributed by atoms with E-state index in [2.05, 4.69) is 14.4 Å². The molecule has 0 spiro atoms. The maximum Gasteiger partial charge on any atom is 0.358 e. The molecule has 0 saturated heterocycles. The summed E-state index contributed by atoms with van der Waals surface area (Å²) < 4.78 is 28.5. The van der Waals surface area contributed by atoms with Gasteiger partial charge in [0.25, 0.3) is 0 Å². The van der Waals surface area contributed by atoms with E-state index in [1.165, 1.54) is 25.3 Å². The van der Waals surface area contributed by atoms with Crippen molar-refractivity contribution in [2.75, 3.05) is 0 Å². The minimum Gasteiger partial charge on any atom is -0.264 e. The molecule has 2 rings (SSSR count). The summed E-state index contributed by atoms with van der Waals surface area (Å²) in [5.41, 5.74) is 0.773. The number of nitriles is 1. The van der Waals surface area contributed by atoms with Crippen molar-refractivity contribution < 1.29 is 12.7 Å². The lowest BCUT2D eigenvalue weighted by Gasteiger charge is -2.03. The third kappa shape index (κ3) is 3.43. The van der Waals surface area contributed by atoms with Crippen molar-refractivity contribution in [3.63, 3.8) is 0 Å². The summed E-state index contributed by atoms with van der Waals surface area (Å²) in [4.78, 5) is 4.00. The molecule has 0 aliphatic rings. The molecule has 0 N–H and O–H groups in total. The highest BCUT2D eigenvalue weighted by atomic mass is 32.2. The molecular weight excluding hydrogens is 290 g/mol. The summed E-state index contributed by atoms with van der Waals surface area (Å²) in [5.74, 6) is 0. The Bertz CT molecular complexity index is 809. The van der Waals surface area contributed by atoms with Crippen LogP contribution in [-0.2, 0) is 14.4 Å². The zero-order valence-corrected chi connectivity index (χ0v) is 11.9. The maximum atomic E-state index is 11.9. The van der Waals surface area contributed by atoms with E-state index in [-0.39, 0.29) is 16.3 Å². The summed E-state index contributed by atoms with van der Waals surface area (Å²) in [5, 5.41) is 12.5. The molecule has 21 heavy (non-hydrogen) atoms. The van der Waals surface area contributed by atoms with Crippen molar-refractivity contribution in [1.29, 1.82) is 5.26 Å². The first-order chi connectivity index (χ1) is 10.0. The Morgan fingerprint density at radius 1 is 1.24 bits per heavy atom. The van der Waals surface area contributed by atoms with Crippen LogP contribution in [0.4, 0.5) is 0 Å². The van der Waals surface area contributed by atoms with Crippen LogP contribution in [0.25, 0.3) is 0 Å². The molecule has 0 amide bonds. The van der Waals surface area contributed by atoms with Crippen molar-refractivity contribution in [3.05, 3.63) is 59.9 Å². The standard InChI is InChI=1S/C14H11N3O3S/c1-11(14-12(10-15)6-5-9-16-14)17-20-21(18,19)13-7-3-2-4-8-13/h2-9H,1H3/b17-11+. The van der Waals surface area contributed by atoms with E-state index >= 15 is 0 Å². The van der Waals surface area contributed by atoms with Gasteiger partial charge in [-0.25, -0.2) is 0 Å². The first kappa shape index (κ1) is 14.7. The van der Waals surface area contributed by atoms with E-state index in [4.69, 9.17) is 5.26 Å². The number of aromatic nitrogens is 1. The van der Waals surface area contributed by atoms with Gasteiger partial charge in [-0.2, -0.15) is 13.7 Å². The van der Waals surface area contributed by atoms with Gasteiger partial charge in [-0.3, -0.25) is 9.27 Å². The zero-order valence-electron chi connectivity index (χ0n) is 11.1. The number of hydrogen-bond donors (Lipinski definition) is 0. The second kappa shape index (κ2) is 6.15. The van der Waals surface area contributed by atoms with Gasteiger partial charge in [-0.15, -0.1) is 0 Å². The van der Waals surface area contributed by atoms with E-state index in [1.807, 2.05) is 6.07 Å². The molecule has 7 heteroatoms. The quantitative estimate of drug-likeness (QED) is 0.636. The topological polar surface area (TPSA) is 92.4 Å². The normalized spacial score (nSPS) is 11.7. The van der Waals surface area contributed by atoms with Crippen molar-refractivity contribution in [1.82, 2.24) is 4.98 Å². The minimum absolute atomic E-state index is 0.00285. The van der Waals surface area contributed by atoms with Gasteiger partial charge in [0, 0.05) is 6.20 Å². The smallest absolute Gasteiger partial charge is 0.264 e. The maximum absolute atomic E-state index is 11.9. The monoisotopic (exact) mass is 301 g/mol. The SMILES string of the molecule is C/C(=N\OS(=O)(=O)c1ccccc1)c1ncccc1C#N. The van der Waals surface area contributed by atoms with E-state index in [0.717, 1.165) is 0 Å². The van der Waals surface area contributed by atoms with Crippen molar-refractivity contribution in [3.8, 4) is 6.07 Å². The average molecular weight is 301 g/mol. The second-order valence-corrected chi connectivity index (χ2v) is 5.56. The highest BCUT2D eigenvalue weighted by molar-refractivity contribution is 7.86. The number of benzene rings is 1. The summed E-state index contributed by atoms with van der Waals surface area (Å²) in [6.07, 6.45) is 1.49. The van der Waals surface area contributed by atoms with E-state index in [9.17, 15) is 8.42 Å². The van der Waals surface area contributed by atoms with E-state index in [0.29, 0.717) is 5.56 Å². The molecule has 2 aromatic rings. The van der Waals surface area contributed by atoms with Crippen LogP contribution in [-0.4, -0.2) is 19.1 Å². The Hall–Kier alpha value is -2.72. The lowest BCUT2D eigenvalue weighted by Crippen LogP contribution is -2.07. The summed E-state index contributed by atoms with van der Waals surface area (Å²) >= 11 is 0. The number of pyridine rings is 1. The Morgan fingerprint density at radius 2 is 1.95 bits per heavy atom. The first-order valence-electron chi connectivity index (χ1n) is 5.93. The largest absolute Gasteiger partial charge is 0.358 e. The Balaban J connectivity index is 2.27. The van der Waals surface area contributed by atoms with Gasteiger partial charge in [-0.1, -0.05) is 23.4 Å². The average Bonchev–Trinajstić information content (AvgIpc) is 2.53. The van der Waals surface area contributed by atoms with Crippen LogP contribution in [0.3, 0.4) is 0 Å². The highest BCUT2D eigenvalue weighted by Crippen LogP contribution is 2.13. The molecule has 0 fully saturated rings. The fourth-order valence-corrected chi connectivity index (χ4v) is 2.35. The molecule has 0 aliphatic heterocycles. The van der Waals surface area contributed by atoms with Gasteiger partial charge in [0.1, 0.15) is 22.4 Å². The Morgan fingerprint density at radius 3 is 2.62 bits per heavy atom. The van der Waals surface area contributed by atoms with Crippen LogP contribution in [0.15, 0.2) is 58.7 Å². The predicted molar refractivity (Wildman–Crippen MR) is 75.9 cm³/mol. The van der Waals surface area contributed by atoms with Crippen LogP contribution < -0.4 is 0 Å². The molecule has 1 heterocycles. The third-order valence-corrected chi connectivity index (χ3v) is 3.70. The van der Waals surface area contributed by atoms with Crippen LogP contribution in [0.2, 0.25) is 0 Å². The van der Waals surface area contributed by atoms with Gasteiger partial charge in [0.05, 0.1) is 5.56 Å². The predicted octanol–water partition coefficient (Wildman–Crippen LogP) is 2.08. The molecule has 1 aromatic carbocycles. The second-order valence-electron chi connectivity index (χ2n) is 4.03. The van der Waals surface area contributed by atoms with Crippen LogP contribution in [0, 0.1) is 11.3 Å². The first-order valence-corrected chi connectivity index (χ1v) is 7.34. The van der Waals surface area contributed by atoms with Crippen molar-refractivity contribution in [2.24, 2.45) is 5.16 Å². The molecular formula is C14H11N3O3S. The number of rotatable bonds is 4.